The van der Waals surface area contributed by atoms with E-state index in [4.69, 9.17) is 0 Å². The molecule has 4 heteroatoms. The molecule has 80 heavy (non-hydrogen) atoms. The largest absolute Gasteiger partial charge is 0.314 e. The summed E-state index contributed by atoms with van der Waals surface area (Å²) in [5.74, 6) is 0.581. The van der Waals surface area contributed by atoms with Gasteiger partial charge in [-0.2, -0.15) is 0 Å². The first-order chi connectivity index (χ1) is 39.5. The minimum absolute atomic E-state index is 0.208. The van der Waals surface area contributed by atoms with Gasteiger partial charge in [0.2, 0.25) is 0 Å². The molecule has 4 aliphatic carbocycles. The molecule has 2 unspecified atom stereocenters. The average Bonchev–Trinajstić information content (AvgIpc) is 4.23. The van der Waals surface area contributed by atoms with E-state index in [-0.39, 0.29) is 5.92 Å². The van der Waals surface area contributed by atoms with Crippen molar-refractivity contribution in [1.29, 1.82) is 0 Å². The van der Waals surface area contributed by atoms with Crippen LogP contribution in [-0.2, 0) is 0 Å². The Bertz CT molecular complexity index is 4510. The van der Waals surface area contributed by atoms with Crippen molar-refractivity contribution < 1.29 is 0 Å². The fraction of sp³-hybridized carbons (Fsp3) is 0.0789. The molecule has 0 aliphatic heterocycles. The fourth-order valence-electron chi connectivity index (χ4n) is 12.9. The summed E-state index contributed by atoms with van der Waals surface area (Å²) >= 11 is 0. The van der Waals surface area contributed by atoms with Crippen LogP contribution in [-0.4, -0.2) is 18.6 Å². The first-order valence-corrected chi connectivity index (χ1v) is 28.0. The molecule has 0 saturated heterocycles. The van der Waals surface area contributed by atoms with Crippen LogP contribution >= 0.6 is 0 Å². The second-order valence-electron chi connectivity index (χ2n) is 21.2. The van der Waals surface area contributed by atoms with Gasteiger partial charge in [-0.05, 0) is 162 Å². The van der Waals surface area contributed by atoms with Gasteiger partial charge in [-0.15, -0.1) is 0 Å². The Labute approximate surface area is 467 Å². The molecule has 10 aromatic rings. The number of benzene rings is 7. The van der Waals surface area contributed by atoms with Crippen molar-refractivity contribution in [3.8, 4) is 28.2 Å². The standard InChI is InChI=1S/C76H60N4/c1-4-7-21-65-49-59-19-9-13-25-71(59)78(65)62-41-33-54(34-42-62)57-37-47-75-69(50-57)70-51-58(55-35-45-63(46-36-55)79-73-26-14-11-23-67(73)68-24-12-15-27-74(68)79)38-48-76(70)80(75)64-43-31-53(32-44-64)52-29-39-61(40-30-52)77(60(6-3)17-5-2)72-28-16-20-56-18-8-10-22-66(56)72/h4-19,21-29,31-36,38-39,41-51,56-57H,1-3,20,30,37,40H2/b21-7-,60-17+. The Kier molecular flexibility index (Phi) is 12.4. The Balaban J connectivity index is 0.835. The van der Waals surface area contributed by atoms with E-state index in [1.54, 1.807) is 0 Å². The van der Waals surface area contributed by atoms with E-state index >= 15 is 0 Å². The monoisotopic (exact) mass is 1030 g/mol. The van der Waals surface area contributed by atoms with Gasteiger partial charge in [0.1, 0.15) is 0 Å². The van der Waals surface area contributed by atoms with E-state index in [1.807, 2.05) is 24.3 Å². The van der Waals surface area contributed by atoms with Gasteiger partial charge in [0.05, 0.1) is 22.1 Å². The predicted molar refractivity (Wildman–Crippen MR) is 339 cm³/mol. The van der Waals surface area contributed by atoms with Gasteiger partial charge in [0.15, 0.2) is 0 Å². The van der Waals surface area contributed by atoms with Crippen molar-refractivity contribution in [2.75, 3.05) is 0 Å². The minimum atomic E-state index is 0.208. The van der Waals surface area contributed by atoms with E-state index < -0.39 is 0 Å². The number of hydrogen-bond acceptors (Lipinski definition) is 1. The first-order valence-electron chi connectivity index (χ1n) is 28.0. The smallest absolute Gasteiger partial charge is 0.0541 e. The van der Waals surface area contributed by atoms with Gasteiger partial charge >= 0.3 is 0 Å². The van der Waals surface area contributed by atoms with Crippen LogP contribution in [0.25, 0.3) is 95.6 Å². The highest BCUT2D eigenvalue weighted by molar-refractivity contribution is 6.09. The van der Waals surface area contributed by atoms with E-state index in [0.717, 1.165) is 54.1 Å². The molecule has 14 rings (SSSR count). The number of allylic oxidation sites excluding steroid dienone is 16. The molecule has 0 saturated carbocycles. The number of rotatable bonds is 13. The summed E-state index contributed by atoms with van der Waals surface area (Å²) in [7, 11) is 0. The Hall–Kier alpha value is -9.90. The second kappa shape index (κ2) is 20.5. The lowest BCUT2D eigenvalue weighted by Gasteiger charge is -2.35. The molecule has 3 aromatic heterocycles. The van der Waals surface area contributed by atoms with Crippen molar-refractivity contribution in [2.24, 2.45) is 5.92 Å². The zero-order valence-corrected chi connectivity index (χ0v) is 44.8. The van der Waals surface area contributed by atoms with Gasteiger partial charge in [-0.3, -0.25) is 0 Å². The third-order valence-electron chi connectivity index (χ3n) is 16.7. The maximum absolute atomic E-state index is 4.23. The predicted octanol–water partition coefficient (Wildman–Crippen LogP) is 17.9. The van der Waals surface area contributed by atoms with Crippen LogP contribution in [0.15, 0.2) is 291 Å². The highest BCUT2D eigenvalue weighted by Gasteiger charge is 2.26. The molecule has 2 atom stereocenters. The Morgan fingerprint density at radius 1 is 0.550 bits per heavy atom. The number of nitrogens with zero attached hydrogens (tertiary/aromatic N) is 4. The number of fused-ring (bicyclic) bond motifs is 8. The van der Waals surface area contributed by atoms with Gasteiger partial charge in [0.25, 0.3) is 0 Å². The normalized spacial score (nSPS) is 16.9. The molecule has 0 radical (unpaired) electrons. The van der Waals surface area contributed by atoms with Crippen LogP contribution in [0.2, 0.25) is 0 Å². The SMILES string of the molecule is C=C/C=C\c1cc2ccccc2n1-c1ccc(C2C=c3c(n(-c4ccc(C5=CC=C(N(C6=C7C=CC=CC7CC=C6)/C(C=C)=C/C=C)CC5)cc4)c4ccc(-c5ccc(-n6c7ccccc7c7ccccc76)cc5)cc34)=CC2)cc1. The summed E-state index contributed by atoms with van der Waals surface area (Å²) in [6.07, 6.45) is 38.7. The van der Waals surface area contributed by atoms with Crippen molar-refractivity contribution >= 4 is 67.4 Å². The fourth-order valence-corrected chi connectivity index (χ4v) is 12.9. The second-order valence-corrected chi connectivity index (χ2v) is 21.2. The van der Waals surface area contributed by atoms with Gasteiger partial charge < -0.3 is 18.6 Å². The highest BCUT2D eigenvalue weighted by atomic mass is 15.2. The lowest BCUT2D eigenvalue weighted by atomic mass is 9.85. The molecule has 0 N–H and O–H groups in total. The van der Waals surface area contributed by atoms with Crippen molar-refractivity contribution in [2.45, 2.75) is 31.6 Å². The molecule has 0 spiro atoms. The van der Waals surface area contributed by atoms with E-state index in [9.17, 15) is 0 Å². The van der Waals surface area contributed by atoms with Crippen LogP contribution in [0.5, 0.6) is 0 Å². The molecule has 0 fully saturated rings. The first kappa shape index (κ1) is 48.5. The maximum Gasteiger partial charge on any atom is 0.0541 e. The summed E-state index contributed by atoms with van der Waals surface area (Å²) in [4.78, 5) is 2.39. The summed E-state index contributed by atoms with van der Waals surface area (Å²) in [6.45, 7) is 12.2. The minimum Gasteiger partial charge on any atom is -0.314 e. The van der Waals surface area contributed by atoms with Crippen LogP contribution in [0.4, 0.5) is 0 Å². The van der Waals surface area contributed by atoms with Crippen LogP contribution in [0, 0.1) is 5.92 Å². The molecular weight excluding hydrogens is 969 g/mol. The molecule has 3 heterocycles. The summed E-state index contributed by atoms with van der Waals surface area (Å²) in [5, 5.41) is 7.51. The van der Waals surface area contributed by atoms with Crippen LogP contribution in [0.3, 0.4) is 0 Å². The van der Waals surface area contributed by atoms with E-state index in [0.29, 0.717) is 5.92 Å². The quantitative estimate of drug-likeness (QED) is 0.105. The Morgan fingerprint density at radius 3 is 1.95 bits per heavy atom. The maximum atomic E-state index is 4.23. The average molecular weight is 1030 g/mol. The summed E-state index contributed by atoms with van der Waals surface area (Å²) in [5.41, 5.74) is 20.5. The van der Waals surface area contributed by atoms with E-state index in [1.165, 1.54) is 99.0 Å². The number of aromatic nitrogens is 3. The van der Waals surface area contributed by atoms with Gasteiger partial charge in [0, 0.05) is 83.8 Å². The molecule has 0 amide bonds. The number of hydrogen-bond donors (Lipinski definition) is 0. The van der Waals surface area contributed by atoms with Crippen LogP contribution in [0.1, 0.15) is 48.4 Å². The van der Waals surface area contributed by atoms with Crippen LogP contribution < -0.4 is 10.6 Å². The molecule has 0 bridgehead atoms. The number of para-hydroxylation sites is 3. The molecular formula is C76H60N4. The van der Waals surface area contributed by atoms with Gasteiger partial charge in [-0.1, -0.05) is 184 Å². The lowest BCUT2D eigenvalue weighted by molar-refractivity contribution is 0.513. The molecule has 384 valence electrons. The summed E-state index contributed by atoms with van der Waals surface area (Å²) < 4.78 is 7.21. The molecule has 7 aromatic carbocycles. The van der Waals surface area contributed by atoms with Crippen molar-refractivity contribution in [3.05, 3.63) is 319 Å². The highest BCUT2D eigenvalue weighted by Crippen LogP contribution is 2.40. The van der Waals surface area contributed by atoms with Gasteiger partial charge in [-0.25, -0.2) is 0 Å². The molecule has 4 nitrogen and oxygen atoms in total. The Morgan fingerprint density at radius 2 is 1.23 bits per heavy atom. The van der Waals surface area contributed by atoms with Crippen molar-refractivity contribution in [1.82, 2.24) is 18.6 Å². The lowest BCUT2D eigenvalue weighted by Crippen LogP contribution is -2.31. The topological polar surface area (TPSA) is 18.0 Å². The molecule has 4 aliphatic rings. The van der Waals surface area contributed by atoms with Crippen molar-refractivity contribution in [3.63, 3.8) is 0 Å². The zero-order chi connectivity index (χ0) is 53.7. The summed E-state index contributed by atoms with van der Waals surface area (Å²) in [6, 6.07) is 62.9. The zero-order valence-electron chi connectivity index (χ0n) is 44.8. The van der Waals surface area contributed by atoms with E-state index in [2.05, 4.69) is 281 Å². The third kappa shape index (κ3) is 8.40. The third-order valence-corrected chi connectivity index (χ3v) is 16.7.